The highest BCUT2D eigenvalue weighted by Crippen LogP contribution is 2.34. The largest absolute Gasteiger partial charge is 0.507 e. The van der Waals surface area contributed by atoms with Crippen LogP contribution in [0.15, 0.2) is 36.4 Å². The molecule has 0 aliphatic rings. The Kier molecular flexibility index (Phi) is 6.01. The summed E-state index contributed by atoms with van der Waals surface area (Å²) in [5, 5.41) is 20.2. The third-order valence-electron chi connectivity index (χ3n) is 4.28. The lowest BCUT2D eigenvalue weighted by Gasteiger charge is -2.21. The van der Waals surface area contributed by atoms with Gasteiger partial charge in [-0.1, -0.05) is 48.9 Å². The van der Waals surface area contributed by atoms with Crippen molar-refractivity contribution in [3.8, 4) is 16.3 Å². The molecular formula is C21H22ClN3O2S. The lowest BCUT2D eigenvalue weighted by atomic mass is 10.1. The van der Waals surface area contributed by atoms with Crippen LogP contribution in [0.2, 0.25) is 5.02 Å². The predicted molar refractivity (Wildman–Crippen MR) is 114 cm³/mol. The summed E-state index contributed by atoms with van der Waals surface area (Å²) in [4.78, 5) is 14.8. The van der Waals surface area contributed by atoms with Gasteiger partial charge in [0.1, 0.15) is 10.8 Å². The van der Waals surface area contributed by atoms with Crippen LogP contribution in [-0.2, 0) is 0 Å². The summed E-state index contributed by atoms with van der Waals surface area (Å²) in [5.41, 5.74) is 2.86. The Morgan fingerprint density at radius 3 is 2.43 bits per heavy atom. The molecule has 146 valence electrons. The minimum Gasteiger partial charge on any atom is -0.507 e. The maximum absolute atomic E-state index is 13.1. The summed E-state index contributed by atoms with van der Waals surface area (Å²) < 4.78 is 0. The number of halogens is 1. The molecule has 0 unspecified atom stereocenters. The topological polar surface area (TPSA) is 66.3 Å². The van der Waals surface area contributed by atoms with Gasteiger partial charge in [-0.25, -0.2) is 0 Å². The molecule has 0 aliphatic carbocycles. The molecule has 0 aliphatic heterocycles. The number of amides is 1. The first kappa shape index (κ1) is 20.3. The molecule has 0 saturated carbocycles. The number of benzene rings is 2. The predicted octanol–water partition coefficient (Wildman–Crippen LogP) is 5.48. The van der Waals surface area contributed by atoms with E-state index in [-0.39, 0.29) is 17.6 Å². The molecule has 2 aromatic carbocycles. The molecule has 3 aromatic rings. The molecule has 0 bridgehead atoms. The first-order chi connectivity index (χ1) is 13.3. The van der Waals surface area contributed by atoms with Crippen LogP contribution in [0.1, 0.15) is 35.3 Å². The quantitative estimate of drug-likeness (QED) is 0.598. The smallest absolute Gasteiger partial charge is 0.261 e. The van der Waals surface area contributed by atoms with Crippen LogP contribution in [-0.4, -0.2) is 27.8 Å². The Bertz CT molecular complexity index is 993. The fourth-order valence-electron chi connectivity index (χ4n) is 2.91. The normalized spacial score (nSPS) is 11.1. The van der Waals surface area contributed by atoms with Gasteiger partial charge in [0.15, 0.2) is 0 Å². The Labute approximate surface area is 173 Å². The zero-order chi connectivity index (χ0) is 20.4. The Balaban J connectivity index is 1.99. The summed E-state index contributed by atoms with van der Waals surface area (Å²) in [6.07, 6.45) is 0. The standard InChI is InChI=1S/C21H22ClN3O2S/c1-12(2)11-25(20(27)16-7-5-6-8-17(16)22)21-24-23-19(28-21)15-9-13(3)18(26)14(4)10-15/h5-10,12,26H,11H2,1-4H3. The number of aromatic nitrogens is 2. The number of hydrogen-bond acceptors (Lipinski definition) is 5. The van der Waals surface area contributed by atoms with Gasteiger partial charge in [0.2, 0.25) is 5.13 Å². The molecular weight excluding hydrogens is 394 g/mol. The molecule has 0 atom stereocenters. The summed E-state index contributed by atoms with van der Waals surface area (Å²) in [6.45, 7) is 8.29. The summed E-state index contributed by atoms with van der Waals surface area (Å²) in [6, 6.07) is 10.7. The van der Waals surface area contributed by atoms with Gasteiger partial charge < -0.3 is 5.11 Å². The van der Waals surface area contributed by atoms with E-state index in [1.165, 1.54) is 11.3 Å². The molecule has 1 heterocycles. The van der Waals surface area contributed by atoms with Crippen molar-refractivity contribution < 1.29 is 9.90 Å². The number of carbonyl (C=O) groups is 1. The average Bonchev–Trinajstić information content (AvgIpc) is 3.13. The van der Waals surface area contributed by atoms with Crippen LogP contribution in [0.4, 0.5) is 5.13 Å². The number of phenolic OH excluding ortho intramolecular Hbond substituents is 1. The van der Waals surface area contributed by atoms with Crippen LogP contribution in [0.25, 0.3) is 10.6 Å². The minimum absolute atomic E-state index is 0.194. The zero-order valence-corrected chi connectivity index (χ0v) is 17.8. The SMILES string of the molecule is Cc1cc(-c2nnc(N(CC(C)C)C(=O)c3ccccc3Cl)s2)cc(C)c1O. The number of anilines is 1. The lowest BCUT2D eigenvalue weighted by molar-refractivity contribution is 0.0984. The average molecular weight is 416 g/mol. The molecule has 1 amide bonds. The van der Waals surface area contributed by atoms with Gasteiger partial charge in [-0.2, -0.15) is 0 Å². The maximum Gasteiger partial charge on any atom is 0.261 e. The van der Waals surface area contributed by atoms with Crippen molar-refractivity contribution >= 4 is 34.0 Å². The van der Waals surface area contributed by atoms with E-state index in [0.717, 1.165) is 16.7 Å². The van der Waals surface area contributed by atoms with Crippen LogP contribution in [0.5, 0.6) is 5.75 Å². The molecule has 1 aromatic heterocycles. The Morgan fingerprint density at radius 2 is 1.82 bits per heavy atom. The number of hydrogen-bond donors (Lipinski definition) is 1. The van der Waals surface area contributed by atoms with Gasteiger partial charge in [-0.15, -0.1) is 10.2 Å². The Morgan fingerprint density at radius 1 is 1.18 bits per heavy atom. The molecule has 1 N–H and O–H groups in total. The molecule has 0 radical (unpaired) electrons. The summed E-state index contributed by atoms with van der Waals surface area (Å²) in [5.74, 6) is 0.334. The molecule has 0 saturated heterocycles. The third kappa shape index (κ3) is 4.18. The van der Waals surface area contributed by atoms with Crippen molar-refractivity contribution in [2.75, 3.05) is 11.4 Å². The summed E-state index contributed by atoms with van der Waals surface area (Å²) in [7, 11) is 0. The van der Waals surface area contributed by atoms with E-state index < -0.39 is 0 Å². The van der Waals surface area contributed by atoms with Crippen LogP contribution >= 0.6 is 22.9 Å². The van der Waals surface area contributed by atoms with Gasteiger partial charge in [0.05, 0.1) is 10.6 Å². The van der Waals surface area contributed by atoms with Gasteiger partial charge in [0, 0.05) is 12.1 Å². The van der Waals surface area contributed by atoms with Gasteiger partial charge in [0.25, 0.3) is 5.91 Å². The van der Waals surface area contributed by atoms with E-state index in [4.69, 9.17) is 11.6 Å². The van der Waals surface area contributed by atoms with Crippen molar-refractivity contribution in [2.24, 2.45) is 5.92 Å². The highest BCUT2D eigenvalue weighted by molar-refractivity contribution is 7.18. The fourth-order valence-corrected chi connectivity index (χ4v) is 3.97. The number of nitrogens with zero attached hydrogens (tertiary/aromatic N) is 3. The van der Waals surface area contributed by atoms with Gasteiger partial charge in [-0.05, 0) is 55.2 Å². The second kappa shape index (κ2) is 8.29. The first-order valence-electron chi connectivity index (χ1n) is 8.98. The number of carbonyl (C=O) groups excluding carboxylic acids is 1. The summed E-state index contributed by atoms with van der Waals surface area (Å²) >= 11 is 7.58. The highest BCUT2D eigenvalue weighted by Gasteiger charge is 2.24. The molecule has 7 heteroatoms. The van der Waals surface area contributed by atoms with Gasteiger partial charge >= 0.3 is 0 Å². The number of aryl methyl sites for hydroxylation is 2. The fraction of sp³-hybridized carbons (Fsp3) is 0.286. The second-order valence-electron chi connectivity index (χ2n) is 7.14. The van der Waals surface area contributed by atoms with Crippen molar-refractivity contribution in [1.29, 1.82) is 0 Å². The molecule has 28 heavy (non-hydrogen) atoms. The monoisotopic (exact) mass is 415 g/mol. The molecule has 3 rings (SSSR count). The van der Waals surface area contributed by atoms with Crippen molar-refractivity contribution in [3.05, 3.63) is 58.1 Å². The van der Waals surface area contributed by atoms with E-state index in [1.54, 1.807) is 29.2 Å². The van der Waals surface area contributed by atoms with E-state index >= 15 is 0 Å². The molecule has 0 fully saturated rings. The van der Waals surface area contributed by atoms with Crippen LogP contribution in [0, 0.1) is 19.8 Å². The Hall–Kier alpha value is -2.44. The third-order valence-corrected chi connectivity index (χ3v) is 5.61. The minimum atomic E-state index is -0.194. The number of rotatable bonds is 5. The van der Waals surface area contributed by atoms with Crippen molar-refractivity contribution in [2.45, 2.75) is 27.7 Å². The zero-order valence-electron chi connectivity index (χ0n) is 16.2. The van der Waals surface area contributed by atoms with Crippen molar-refractivity contribution in [1.82, 2.24) is 10.2 Å². The van der Waals surface area contributed by atoms with E-state index in [0.29, 0.717) is 27.3 Å². The van der Waals surface area contributed by atoms with Crippen LogP contribution < -0.4 is 4.90 Å². The van der Waals surface area contributed by atoms with E-state index in [2.05, 4.69) is 10.2 Å². The lowest BCUT2D eigenvalue weighted by Crippen LogP contribution is -2.34. The highest BCUT2D eigenvalue weighted by atomic mass is 35.5. The van der Waals surface area contributed by atoms with E-state index in [9.17, 15) is 9.90 Å². The van der Waals surface area contributed by atoms with Crippen molar-refractivity contribution in [3.63, 3.8) is 0 Å². The van der Waals surface area contributed by atoms with E-state index in [1.807, 2.05) is 39.8 Å². The van der Waals surface area contributed by atoms with Crippen LogP contribution in [0.3, 0.4) is 0 Å². The molecule has 0 spiro atoms. The first-order valence-corrected chi connectivity index (χ1v) is 10.2. The van der Waals surface area contributed by atoms with Gasteiger partial charge in [-0.3, -0.25) is 9.69 Å². The number of phenols is 1. The molecule has 5 nitrogen and oxygen atoms in total. The maximum atomic E-state index is 13.1. The second-order valence-corrected chi connectivity index (χ2v) is 8.50. The number of aromatic hydroxyl groups is 1.